The molecule has 1 aromatic heterocycles. The first kappa shape index (κ1) is 15.4. The van der Waals surface area contributed by atoms with Crippen LogP contribution in [0.4, 0.5) is 8.78 Å². The number of halogens is 2. The summed E-state index contributed by atoms with van der Waals surface area (Å²) in [5, 5.41) is 7.08. The fourth-order valence-electron chi connectivity index (χ4n) is 1.85. The topological polar surface area (TPSA) is 39.1 Å². The van der Waals surface area contributed by atoms with Crippen molar-refractivity contribution < 1.29 is 13.5 Å². The highest BCUT2D eigenvalue weighted by molar-refractivity contribution is 5.34. The van der Waals surface area contributed by atoms with E-state index in [4.69, 9.17) is 4.74 Å². The monoisotopic (exact) mass is 295 g/mol. The average molecular weight is 295 g/mol. The SMILES string of the molecule is CCNCc1cc(F)c(Oc2cnn(C(C)C)c2)c(F)c1. The molecule has 0 saturated carbocycles. The summed E-state index contributed by atoms with van der Waals surface area (Å²) < 4.78 is 34.9. The molecule has 0 spiro atoms. The van der Waals surface area contributed by atoms with Gasteiger partial charge in [-0.25, -0.2) is 8.78 Å². The molecule has 4 nitrogen and oxygen atoms in total. The molecular formula is C15H19F2N3O. The molecule has 0 aliphatic carbocycles. The third-order valence-electron chi connectivity index (χ3n) is 2.96. The van der Waals surface area contributed by atoms with E-state index in [2.05, 4.69) is 10.4 Å². The first-order valence-corrected chi connectivity index (χ1v) is 6.92. The fourth-order valence-corrected chi connectivity index (χ4v) is 1.85. The highest BCUT2D eigenvalue weighted by atomic mass is 19.1. The number of ether oxygens (including phenoxy) is 1. The van der Waals surface area contributed by atoms with E-state index >= 15 is 0 Å². The minimum absolute atomic E-state index is 0.152. The number of hydrogen-bond donors (Lipinski definition) is 1. The molecule has 0 fully saturated rings. The van der Waals surface area contributed by atoms with Crippen LogP contribution in [0.1, 0.15) is 32.4 Å². The van der Waals surface area contributed by atoms with Crippen molar-refractivity contribution >= 4 is 0 Å². The molecule has 0 saturated heterocycles. The van der Waals surface area contributed by atoms with E-state index in [1.54, 1.807) is 10.9 Å². The number of rotatable bonds is 6. The molecular weight excluding hydrogens is 276 g/mol. The zero-order valence-electron chi connectivity index (χ0n) is 12.4. The Labute approximate surface area is 122 Å². The quantitative estimate of drug-likeness (QED) is 0.884. The molecule has 1 N–H and O–H groups in total. The second-order valence-corrected chi connectivity index (χ2v) is 5.02. The number of nitrogens with one attached hydrogen (secondary N) is 1. The van der Waals surface area contributed by atoms with E-state index in [9.17, 15) is 8.78 Å². The molecule has 1 aromatic carbocycles. The predicted octanol–water partition coefficient (Wildman–Crippen LogP) is 3.64. The third kappa shape index (κ3) is 3.78. The Morgan fingerprint density at radius 2 is 1.95 bits per heavy atom. The third-order valence-corrected chi connectivity index (χ3v) is 2.96. The van der Waals surface area contributed by atoms with Crippen molar-refractivity contribution in [3.05, 3.63) is 41.7 Å². The smallest absolute Gasteiger partial charge is 0.198 e. The van der Waals surface area contributed by atoms with Gasteiger partial charge in [-0.15, -0.1) is 0 Å². The number of nitrogens with zero attached hydrogens (tertiary/aromatic N) is 2. The normalized spacial score (nSPS) is 11.1. The van der Waals surface area contributed by atoms with Crippen LogP contribution in [0.25, 0.3) is 0 Å². The van der Waals surface area contributed by atoms with Crippen molar-refractivity contribution in [1.82, 2.24) is 15.1 Å². The average Bonchev–Trinajstić information content (AvgIpc) is 2.89. The number of benzene rings is 1. The van der Waals surface area contributed by atoms with Gasteiger partial charge < -0.3 is 10.1 Å². The van der Waals surface area contributed by atoms with Gasteiger partial charge in [-0.3, -0.25) is 4.68 Å². The van der Waals surface area contributed by atoms with E-state index < -0.39 is 17.4 Å². The van der Waals surface area contributed by atoms with Crippen molar-refractivity contribution in [2.24, 2.45) is 0 Å². The Morgan fingerprint density at radius 1 is 1.29 bits per heavy atom. The van der Waals surface area contributed by atoms with Crippen LogP contribution in [-0.4, -0.2) is 16.3 Å². The van der Waals surface area contributed by atoms with Crippen molar-refractivity contribution in [1.29, 1.82) is 0 Å². The molecule has 0 atom stereocenters. The van der Waals surface area contributed by atoms with Gasteiger partial charge >= 0.3 is 0 Å². The van der Waals surface area contributed by atoms with Crippen molar-refractivity contribution in [2.45, 2.75) is 33.4 Å². The Balaban J connectivity index is 2.19. The molecule has 2 rings (SSSR count). The highest BCUT2D eigenvalue weighted by Crippen LogP contribution is 2.28. The first-order valence-electron chi connectivity index (χ1n) is 6.92. The lowest BCUT2D eigenvalue weighted by Gasteiger charge is -2.09. The van der Waals surface area contributed by atoms with Gasteiger partial charge in [0.05, 0.1) is 12.4 Å². The van der Waals surface area contributed by atoms with Crippen LogP contribution < -0.4 is 10.1 Å². The Hall–Kier alpha value is -1.95. The molecule has 114 valence electrons. The van der Waals surface area contributed by atoms with Gasteiger partial charge in [-0.1, -0.05) is 6.92 Å². The second-order valence-electron chi connectivity index (χ2n) is 5.02. The van der Waals surface area contributed by atoms with Gasteiger partial charge in [0, 0.05) is 12.6 Å². The molecule has 0 amide bonds. The number of aromatic nitrogens is 2. The minimum Gasteiger partial charge on any atom is -0.448 e. The molecule has 6 heteroatoms. The summed E-state index contributed by atoms with van der Waals surface area (Å²) in [4.78, 5) is 0. The molecule has 0 aliphatic heterocycles. The van der Waals surface area contributed by atoms with Gasteiger partial charge in [0.15, 0.2) is 23.1 Å². The summed E-state index contributed by atoms with van der Waals surface area (Å²) in [6.07, 6.45) is 3.04. The summed E-state index contributed by atoms with van der Waals surface area (Å²) in [6, 6.07) is 2.70. The van der Waals surface area contributed by atoms with Crippen LogP contribution in [0.3, 0.4) is 0 Å². The zero-order chi connectivity index (χ0) is 15.4. The summed E-state index contributed by atoms with van der Waals surface area (Å²) in [5.41, 5.74) is 0.539. The molecule has 2 aromatic rings. The molecule has 0 unspecified atom stereocenters. The van der Waals surface area contributed by atoms with Crippen molar-refractivity contribution in [2.75, 3.05) is 6.54 Å². The lowest BCUT2D eigenvalue weighted by molar-refractivity contribution is 0.405. The van der Waals surface area contributed by atoms with Crippen molar-refractivity contribution in [3.63, 3.8) is 0 Å². The van der Waals surface area contributed by atoms with E-state index in [0.29, 0.717) is 17.9 Å². The van der Waals surface area contributed by atoms with Crippen LogP contribution in [-0.2, 0) is 6.54 Å². The maximum Gasteiger partial charge on any atom is 0.198 e. The van der Waals surface area contributed by atoms with E-state index in [0.717, 1.165) is 6.54 Å². The summed E-state index contributed by atoms with van der Waals surface area (Å²) in [7, 11) is 0. The molecule has 0 aliphatic rings. The predicted molar refractivity (Wildman–Crippen MR) is 76.4 cm³/mol. The largest absolute Gasteiger partial charge is 0.448 e. The zero-order valence-corrected chi connectivity index (χ0v) is 12.4. The molecule has 0 bridgehead atoms. The van der Waals surface area contributed by atoms with Gasteiger partial charge in [-0.2, -0.15) is 5.10 Å². The highest BCUT2D eigenvalue weighted by Gasteiger charge is 2.15. The number of hydrogen-bond acceptors (Lipinski definition) is 3. The first-order chi connectivity index (χ1) is 10.0. The van der Waals surface area contributed by atoms with Gasteiger partial charge in [0.2, 0.25) is 0 Å². The van der Waals surface area contributed by atoms with Gasteiger partial charge in [0.25, 0.3) is 0 Å². The maximum atomic E-state index is 14.0. The fraction of sp³-hybridized carbons (Fsp3) is 0.400. The van der Waals surface area contributed by atoms with Crippen LogP contribution in [0.5, 0.6) is 11.5 Å². The molecule has 21 heavy (non-hydrogen) atoms. The lowest BCUT2D eigenvalue weighted by Crippen LogP contribution is -2.12. The lowest BCUT2D eigenvalue weighted by atomic mass is 10.2. The van der Waals surface area contributed by atoms with Gasteiger partial charge in [-0.05, 0) is 38.1 Å². The standard InChI is InChI=1S/C15H19F2N3O/c1-4-18-7-11-5-13(16)15(14(17)6-11)21-12-8-19-20(9-12)10(2)3/h5-6,8-10,18H,4,7H2,1-3H3. The Bertz CT molecular complexity index is 588. The minimum atomic E-state index is -0.722. The second kappa shape index (κ2) is 6.67. The molecule has 0 radical (unpaired) electrons. The summed E-state index contributed by atoms with van der Waals surface area (Å²) in [6.45, 7) is 6.98. The van der Waals surface area contributed by atoms with Crippen LogP contribution >= 0.6 is 0 Å². The van der Waals surface area contributed by atoms with Crippen molar-refractivity contribution in [3.8, 4) is 11.5 Å². The Kier molecular flexibility index (Phi) is 4.90. The van der Waals surface area contributed by atoms with Crippen LogP contribution in [0.15, 0.2) is 24.5 Å². The maximum absolute atomic E-state index is 14.0. The molecule has 1 heterocycles. The van der Waals surface area contributed by atoms with Gasteiger partial charge in [0.1, 0.15) is 0 Å². The summed E-state index contributed by atoms with van der Waals surface area (Å²) in [5.74, 6) is -1.54. The van der Waals surface area contributed by atoms with Crippen LogP contribution in [0.2, 0.25) is 0 Å². The van der Waals surface area contributed by atoms with E-state index in [1.165, 1.54) is 18.3 Å². The van der Waals surface area contributed by atoms with E-state index in [-0.39, 0.29) is 6.04 Å². The summed E-state index contributed by atoms with van der Waals surface area (Å²) >= 11 is 0. The van der Waals surface area contributed by atoms with E-state index in [1.807, 2.05) is 20.8 Å². The van der Waals surface area contributed by atoms with Crippen LogP contribution in [0, 0.1) is 11.6 Å². The Morgan fingerprint density at radius 3 is 2.48 bits per heavy atom.